The molecule has 0 aliphatic carbocycles. The van der Waals surface area contributed by atoms with Crippen molar-refractivity contribution in [3.63, 3.8) is 0 Å². The first-order chi connectivity index (χ1) is 30.4. The standard InChI is InChI=1S/C51H31N5O/c1-4-15-32(16-5-1)49-52-50(33-17-6-2-7-18-33)54-51(53-49)34-27-28-37-39-23-14-26-44(48(39)57-45(37)31-34)56-41-24-12-10-21-36(41)38-29-30-43-46(47(38)56)40-22-11-13-25-42(40)55(43)35-19-8-3-9-20-35/h1-31H/i1D,4D,5D,15D,16D. The molecule has 6 heteroatoms. The molecule has 0 amide bonds. The minimum atomic E-state index is -0.486. The summed E-state index contributed by atoms with van der Waals surface area (Å²) in [7, 11) is 0. The van der Waals surface area contributed by atoms with E-state index in [0.717, 1.165) is 65.8 Å². The molecule has 0 bridgehead atoms. The van der Waals surface area contributed by atoms with Crippen molar-refractivity contribution in [3.05, 3.63) is 188 Å². The van der Waals surface area contributed by atoms with Gasteiger partial charge >= 0.3 is 0 Å². The monoisotopic (exact) mass is 734 g/mol. The van der Waals surface area contributed by atoms with Crippen LogP contribution in [0.1, 0.15) is 6.85 Å². The van der Waals surface area contributed by atoms with Gasteiger partial charge in [0, 0.05) is 54.7 Å². The van der Waals surface area contributed by atoms with Crippen LogP contribution in [0.25, 0.3) is 111 Å². The molecule has 0 radical (unpaired) electrons. The lowest BCUT2D eigenvalue weighted by Gasteiger charge is -2.10. The first-order valence-electron chi connectivity index (χ1n) is 21.2. The molecule has 8 aromatic carbocycles. The van der Waals surface area contributed by atoms with E-state index in [0.29, 0.717) is 28.1 Å². The summed E-state index contributed by atoms with van der Waals surface area (Å²) < 4.78 is 53.8. The Balaban J connectivity index is 1.10. The number of aromatic nitrogens is 5. The number of hydrogen-bond donors (Lipinski definition) is 0. The molecule has 12 rings (SSSR count). The molecule has 4 heterocycles. The van der Waals surface area contributed by atoms with Gasteiger partial charge in [-0.1, -0.05) is 139 Å². The highest BCUT2D eigenvalue weighted by Gasteiger charge is 2.23. The number of hydrogen-bond acceptors (Lipinski definition) is 4. The van der Waals surface area contributed by atoms with Crippen molar-refractivity contribution in [2.24, 2.45) is 0 Å². The smallest absolute Gasteiger partial charge is 0.164 e. The van der Waals surface area contributed by atoms with E-state index >= 15 is 0 Å². The largest absolute Gasteiger partial charge is 0.454 e. The second kappa shape index (κ2) is 12.3. The lowest BCUT2D eigenvalue weighted by molar-refractivity contribution is 0.666. The van der Waals surface area contributed by atoms with Crippen LogP contribution in [0, 0.1) is 0 Å². The van der Waals surface area contributed by atoms with E-state index in [9.17, 15) is 0 Å². The second-order valence-electron chi connectivity index (χ2n) is 14.0. The van der Waals surface area contributed by atoms with Crippen molar-refractivity contribution in [3.8, 4) is 45.5 Å². The van der Waals surface area contributed by atoms with Crippen molar-refractivity contribution in [2.75, 3.05) is 0 Å². The zero-order chi connectivity index (χ0) is 41.8. The fourth-order valence-electron chi connectivity index (χ4n) is 8.41. The molecule has 6 nitrogen and oxygen atoms in total. The minimum Gasteiger partial charge on any atom is -0.454 e. The predicted molar refractivity (Wildman–Crippen MR) is 232 cm³/mol. The van der Waals surface area contributed by atoms with E-state index in [2.05, 4.69) is 117 Å². The summed E-state index contributed by atoms with van der Waals surface area (Å²) in [5.41, 5.74) is 8.87. The van der Waals surface area contributed by atoms with Crippen molar-refractivity contribution in [1.82, 2.24) is 24.1 Å². The molecule has 0 atom stereocenters. The number of nitrogens with zero attached hydrogens (tertiary/aromatic N) is 5. The highest BCUT2D eigenvalue weighted by atomic mass is 16.3. The Kier molecular flexibility index (Phi) is 5.82. The maximum absolute atomic E-state index is 8.71. The van der Waals surface area contributed by atoms with Gasteiger partial charge in [-0.05, 0) is 48.5 Å². The van der Waals surface area contributed by atoms with Crippen molar-refractivity contribution in [2.45, 2.75) is 0 Å². The summed E-state index contributed by atoms with van der Waals surface area (Å²) in [6.45, 7) is 0. The van der Waals surface area contributed by atoms with Gasteiger partial charge in [-0.3, -0.25) is 0 Å². The van der Waals surface area contributed by atoms with Crippen LogP contribution in [-0.4, -0.2) is 24.1 Å². The van der Waals surface area contributed by atoms with Crippen LogP contribution < -0.4 is 0 Å². The van der Waals surface area contributed by atoms with Gasteiger partial charge < -0.3 is 13.6 Å². The highest BCUT2D eigenvalue weighted by molar-refractivity contribution is 6.26. The summed E-state index contributed by atoms with van der Waals surface area (Å²) in [4.78, 5) is 14.3. The third-order valence-electron chi connectivity index (χ3n) is 10.9. The second-order valence-corrected chi connectivity index (χ2v) is 14.0. The highest BCUT2D eigenvalue weighted by Crippen LogP contribution is 2.44. The Labute approximate surface area is 333 Å². The number of fused-ring (bicyclic) bond motifs is 10. The number of para-hydroxylation sites is 4. The molecular formula is C51H31N5O. The maximum Gasteiger partial charge on any atom is 0.164 e. The molecular weight excluding hydrogens is 699 g/mol. The lowest BCUT2D eigenvalue weighted by Crippen LogP contribution is -2.00. The summed E-state index contributed by atoms with van der Waals surface area (Å²) in [6, 6.07) is 51.2. The van der Waals surface area contributed by atoms with E-state index in [-0.39, 0.29) is 29.3 Å². The lowest BCUT2D eigenvalue weighted by atomic mass is 10.1. The van der Waals surface area contributed by atoms with Gasteiger partial charge in [0.25, 0.3) is 0 Å². The third-order valence-corrected chi connectivity index (χ3v) is 10.9. The molecule has 12 aromatic rings. The number of benzene rings is 8. The van der Waals surface area contributed by atoms with E-state index in [4.69, 9.17) is 21.2 Å². The van der Waals surface area contributed by atoms with Crippen molar-refractivity contribution >= 4 is 65.6 Å². The van der Waals surface area contributed by atoms with E-state index in [1.165, 1.54) is 0 Å². The normalized spacial score (nSPS) is 13.1. The molecule has 0 aliphatic heterocycles. The third kappa shape index (κ3) is 4.81. The average Bonchev–Trinajstić information content (AvgIpc) is 3.98. The van der Waals surface area contributed by atoms with Crippen LogP contribution in [0.4, 0.5) is 0 Å². The Morgan fingerprint density at radius 2 is 1.07 bits per heavy atom. The predicted octanol–water partition coefficient (Wildman–Crippen LogP) is 13.0. The molecule has 0 saturated heterocycles. The van der Waals surface area contributed by atoms with Crippen LogP contribution in [0.5, 0.6) is 0 Å². The average molecular weight is 735 g/mol. The van der Waals surface area contributed by atoms with Crippen LogP contribution in [-0.2, 0) is 0 Å². The Morgan fingerprint density at radius 1 is 0.439 bits per heavy atom. The summed E-state index contributed by atoms with van der Waals surface area (Å²) in [6.07, 6.45) is 0. The number of rotatable bonds is 5. The Bertz CT molecular complexity index is 3790. The van der Waals surface area contributed by atoms with Gasteiger partial charge in [-0.15, -0.1) is 0 Å². The van der Waals surface area contributed by atoms with Gasteiger partial charge in [-0.25, -0.2) is 15.0 Å². The topological polar surface area (TPSA) is 61.7 Å². The molecule has 57 heavy (non-hydrogen) atoms. The summed E-state index contributed by atoms with van der Waals surface area (Å²) >= 11 is 0. The molecule has 266 valence electrons. The van der Waals surface area contributed by atoms with Crippen LogP contribution in [0.2, 0.25) is 0 Å². The van der Waals surface area contributed by atoms with Crippen LogP contribution in [0.3, 0.4) is 0 Å². The van der Waals surface area contributed by atoms with Gasteiger partial charge in [0.2, 0.25) is 0 Å². The fraction of sp³-hybridized carbons (Fsp3) is 0. The summed E-state index contributed by atoms with van der Waals surface area (Å²) in [5, 5.41) is 6.41. The van der Waals surface area contributed by atoms with Crippen molar-refractivity contribution in [1.29, 1.82) is 0 Å². The van der Waals surface area contributed by atoms with Gasteiger partial charge in [0.05, 0.1) is 34.6 Å². The van der Waals surface area contributed by atoms with Crippen LogP contribution >= 0.6 is 0 Å². The molecule has 0 saturated carbocycles. The van der Waals surface area contributed by atoms with E-state index in [1.54, 1.807) is 0 Å². The van der Waals surface area contributed by atoms with Gasteiger partial charge in [-0.2, -0.15) is 0 Å². The SMILES string of the molecule is [2H]c1c([2H])c([2H])c(-c2nc(-c3ccccc3)nc(-c3ccc4c(c3)oc3c(-n5c6ccccc6c6ccc7c(c8ccccc8n7-c7ccccc7)c65)cccc34)n2)c([2H])c1[2H]. The summed E-state index contributed by atoms with van der Waals surface area (Å²) in [5.74, 6) is 0.544. The van der Waals surface area contributed by atoms with E-state index in [1.807, 2.05) is 54.6 Å². The maximum atomic E-state index is 8.71. The fourth-order valence-corrected chi connectivity index (χ4v) is 8.41. The molecule has 0 unspecified atom stereocenters. The first-order valence-corrected chi connectivity index (χ1v) is 18.7. The van der Waals surface area contributed by atoms with Crippen LogP contribution in [0.15, 0.2) is 192 Å². The molecule has 0 aliphatic rings. The first kappa shape index (κ1) is 26.9. The number of furan rings is 1. The van der Waals surface area contributed by atoms with E-state index < -0.39 is 18.1 Å². The molecule has 4 aromatic heterocycles. The van der Waals surface area contributed by atoms with Gasteiger partial charge in [0.15, 0.2) is 23.1 Å². The molecule has 0 spiro atoms. The Hall–Kier alpha value is -7.83. The van der Waals surface area contributed by atoms with Crippen molar-refractivity contribution < 1.29 is 11.3 Å². The quantitative estimate of drug-likeness (QED) is 0.177. The Morgan fingerprint density at radius 3 is 1.86 bits per heavy atom. The minimum absolute atomic E-state index is 0.0239. The van der Waals surface area contributed by atoms with Gasteiger partial charge in [0.1, 0.15) is 5.58 Å². The molecule has 0 N–H and O–H groups in total. The molecule has 0 fully saturated rings. The zero-order valence-electron chi connectivity index (χ0n) is 35.2. The zero-order valence-corrected chi connectivity index (χ0v) is 30.2.